The number of rotatable bonds is 6. The third kappa shape index (κ3) is 3.81. The van der Waals surface area contributed by atoms with Gasteiger partial charge >= 0.3 is 5.97 Å². The Labute approximate surface area is 122 Å². The minimum atomic E-state index is -1.14. The number of hydrogen-bond acceptors (Lipinski definition) is 3. The molecule has 1 aliphatic carbocycles. The Hall–Kier alpha value is -2.37. The molecule has 1 aromatic rings. The molecule has 1 saturated carbocycles. The quantitative estimate of drug-likeness (QED) is 0.682. The smallest absolute Gasteiger partial charge is 0.336 e. The summed E-state index contributed by atoms with van der Waals surface area (Å²) in [6.45, 7) is 0.613. The molecule has 0 aromatic heterocycles. The molecule has 112 valence electrons. The van der Waals surface area contributed by atoms with Gasteiger partial charge in [-0.3, -0.25) is 9.59 Å². The molecule has 0 unspecified atom stereocenters. The fourth-order valence-electron chi connectivity index (χ4n) is 2.14. The van der Waals surface area contributed by atoms with Crippen LogP contribution in [0.15, 0.2) is 24.3 Å². The number of nitrogens with one attached hydrogen (secondary N) is 2. The van der Waals surface area contributed by atoms with Crippen molar-refractivity contribution < 1.29 is 19.5 Å². The Kier molecular flexibility index (Phi) is 4.92. The summed E-state index contributed by atoms with van der Waals surface area (Å²) in [5.41, 5.74) is 0.0869. The third-order valence-corrected chi connectivity index (χ3v) is 3.59. The van der Waals surface area contributed by atoms with Crippen LogP contribution in [0, 0.1) is 5.92 Å². The standard InChI is InChI=1S/C15H18N2O4/c18-13(10-4-3-5-10)16-8-9-17-14(19)11-6-1-2-7-12(11)15(20)21/h1-2,6-7,10H,3-5,8-9H2,(H,16,18)(H,17,19)(H,20,21). The van der Waals surface area contributed by atoms with E-state index in [-0.39, 0.29) is 29.5 Å². The molecular formula is C15H18N2O4. The van der Waals surface area contributed by atoms with Gasteiger partial charge in [0.2, 0.25) is 5.91 Å². The molecule has 0 atom stereocenters. The van der Waals surface area contributed by atoms with E-state index in [0.29, 0.717) is 6.54 Å². The van der Waals surface area contributed by atoms with Crippen molar-refractivity contribution in [3.8, 4) is 0 Å². The highest BCUT2D eigenvalue weighted by Gasteiger charge is 2.24. The first-order chi connectivity index (χ1) is 10.1. The molecule has 0 saturated heterocycles. The van der Waals surface area contributed by atoms with Crippen LogP contribution >= 0.6 is 0 Å². The van der Waals surface area contributed by atoms with Gasteiger partial charge in [0.1, 0.15) is 0 Å². The molecule has 6 nitrogen and oxygen atoms in total. The topological polar surface area (TPSA) is 95.5 Å². The summed E-state index contributed by atoms with van der Waals surface area (Å²) in [7, 11) is 0. The Morgan fingerprint density at radius 1 is 1.05 bits per heavy atom. The zero-order valence-electron chi connectivity index (χ0n) is 11.6. The molecule has 1 aromatic carbocycles. The lowest BCUT2D eigenvalue weighted by Crippen LogP contribution is -2.39. The van der Waals surface area contributed by atoms with Crippen LogP contribution in [0.5, 0.6) is 0 Å². The van der Waals surface area contributed by atoms with Crippen molar-refractivity contribution in [2.24, 2.45) is 5.92 Å². The van der Waals surface area contributed by atoms with E-state index in [4.69, 9.17) is 5.11 Å². The van der Waals surface area contributed by atoms with Crippen LogP contribution in [0.4, 0.5) is 0 Å². The fourth-order valence-corrected chi connectivity index (χ4v) is 2.14. The van der Waals surface area contributed by atoms with Crippen LogP contribution < -0.4 is 10.6 Å². The van der Waals surface area contributed by atoms with Crippen molar-refractivity contribution in [3.63, 3.8) is 0 Å². The Bertz CT molecular complexity index is 552. The van der Waals surface area contributed by atoms with E-state index in [2.05, 4.69) is 10.6 Å². The predicted molar refractivity (Wildman–Crippen MR) is 76.1 cm³/mol. The largest absolute Gasteiger partial charge is 0.478 e. The number of carboxylic acids is 1. The second-order valence-electron chi connectivity index (χ2n) is 5.03. The summed E-state index contributed by atoms with van der Waals surface area (Å²) >= 11 is 0. The summed E-state index contributed by atoms with van der Waals surface area (Å²) in [4.78, 5) is 34.5. The molecule has 0 aliphatic heterocycles. The molecule has 0 bridgehead atoms. The van der Waals surface area contributed by atoms with Gasteiger partial charge in [0.05, 0.1) is 11.1 Å². The average Bonchev–Trinajstić information content (AvgIpc) is 2.41. The summed E-state index contributed by atoms with van der Waals surface area (Å²) in [5, 5.41) is 14.4. The van der Waals surface area contributed by atoms with Crippen LogP contribution in [-0.2, 0) is 4.79 Å². The van der Waals surface area contributed by atoms with Crippen LogP contribution in [-0.4, -0.2) is 36.0 Å². The molecule has 3 N–H and O–H groups in total. The molecule has 21 heavy (non-hydrogen) atoms. The van der Waals surface area contributed by atoms with Gasteiger partial charge < -0.3 is 15.7 Å². The molecule has 1 fully saturated rings. The first-order valence-corrected chi connectivity index (χ1v) is 6.98. The number of amides is 2. The Morgan fingerprint density at radius 2 is 1.67 bits per heavy atom. The third-order valence-electron chi connectivity index (χ3n) is 3.59. The number of carbonyl (C=O) groups is 3. The van der Waals surface area contributed by atoms with Crippen molar-refractivity contribution in [1.82, 2.24) is 10.6 Å². The first kappa shape index (κ1) is 15.0. The lowest BCUT2D eigenvalue weighted by Gasteiger charge is -2.24. The molecule has 0 spiro atoms. The lowest BCUT2D eigenvalue weighted by atomic mass is 9.85. The van der Waals surface area contributed by atoms with E-state index >= 15 is 0 Å². The molecule has 2 rings (SSSR count). The van der Waals surface area contributed by atoms with Crippen molar-refractivity contribution in [2.45, 2.75) is 19.3 Å². The number of carboxylic acid groups (broad SMARTS) is 1. The van der Waals surface area contributed by atoms with Crippen molar-refractivity contribution in [3.05, 3.63) is 35.4 Å². The molecule has 1 aliphatic rings. The maximum absolute atomic E-state index is 11.9. The molecule has 0 heterocycles. The van der Waals surface area contributed by atoms with Crippen molar-refractivity contribution in [2.75, 3.05) is 13.1 Å². The second-order valence-corrected chi connectivity index (χ2v) is 5.03. The number of benzene rings is 1. The van der Waals surface area contributed by atoms with Gasteiger partial charge in [-0.25, -0.2) is 4.79 Å². The molecule has 2 amide bonds. The van der Waals surface area contributed by atoms with Gasteiger partial charge in [-0.2, -0.15) is 0 Å². The van der Waals surface area contributed by atoms with Gasteiger partial charge in [-0.15, -0.1) is 0 Å². The summed E-state index contributed by atoms with van der Waals surface area (Å²) in [6, 6.07) is 6.03. The van der Waals surface area contributed by atoms with Gasteiger partial charge in [0.25, 0.3) is 5.91 Å². The number of aromatic carboxylic acids is 1. The summed E-state index contributed by atoms with van der Waals surface area (Å²) < 4.78 is 0. The number of carbonyl (C=O) groups excluding carboxylic acids is 2. The normalized spacial score (nSPS) is 14.1. The van der Waals surface area contributed by atoms with E-state index in [0.717, 1.165) is 19.3 Å². The van der Waals surface area contributed by atoms with E-state index in [1.807, 2.05) is 0 Å². The van der Waals surface area contributed by atoms with Crippen molar-refractivity contribution in [1.29, 1.82) is 0 Å². The fraction of sp³-hybridized carbons (Fsp3) is 0.400. The van der Waals surface area contributed by atoms with E-state index in [1.54, 1.807) is 12.1 Å². The Balaban J connectivity index is 1.79. The van der Waals surface area contributed by atoms with Gasteiger partial charge in [-0.05, 0) is 25.0 Å². The molecular weight excluding hydrogens is 272 g/mol. The molecule has 0 radical (unpaired) electrons. The Morgan fingerprint density at radius 3 is 2.24 bits per heavy atom. The van der Waals surface area contributed by atoms with Crippen LogP contribution in [0.3, 0.4) is 0 Å². The first-order valence-electron chi connectivity index (χ1n) is 6.98. The highest BCUT2D eigenvalue weighted by atomic mass is 16.4. The van der Waals surface area contributed by atoms with Crippen LogP contribution in [0.25, 0.3) is 0 Å². The zero-order chi connectivity index (χ0) is 15.2. The van der Waals surface area contributed by atoms with Crippen molar-refractivity contribution >= 4 is 17.8 Å². The van der Waals surface area contributed by atoms with Gasteiger partial charge in [-0.1, -0.05) is 18.6 Å². The van der Waals surface area contributed by atoms with Gasteiger partial charge in [0, 0.05) is 19.0 Å². The predicted octanol–water partition coefficient (Wildman–Crippen LogP) is 1.03. The zero-order valence-corrected chi connectivity index (χ0v) is 11.6. The maximum Gasteiger partial charge on any atom is 0.336 e. The van der Waals surface area contributed by atoms with Crippen LogP contribution in [0.1, 0.15) is 40.0 Å². The second kappa shape index (κ2) is 6.88. The lowest BCUT2D eigenvalue weighted by molar-refractivity contribution is -0.127. The average molecular weight is 290 g/mol. The van der Waals surface area contributed by atoms with E-state index in [9.17, 15) is 14.4 Å². The van der Waals surface area contributed by atoms with Gasteiger partial charge in [0.15, 0.2) is 0 Å². The number of hydrogen-bond donors (Lipinski definition) is 3. The summed E-state index contributed by atoms with van der Waals surface area (Å²) in [5.74, 6) is -1.44. The maximum atomic E-state index is 11.9. The van der Waals surface area contributed by atoms with E-state index < -0.39 is 11.9 Å². The SMILES string of the molecule is O=C(O)c1ccccc1C(=O)NCCNC(=O)C1CCC1. The minimum absolute atomic E-state index is 0.0291. The molecule has 6 heteroatoms. The monoisotopic (exact) mass is 290 g/mol. The highest BCUT2D eigenvalue weighted by Crippen LogP contribution is 2.25. The van der Waals surface area contributed by atoms with Crippen LogP contribution in [0.2, 0.25) is 0 Å². The van der Waals surface area contributed by atoms with E-state index in [1.165, 1.54) is 12.1 Å². The minimum Gasteiger partial charge on any atom is -0.478 e. The summed E-state index contributed by atoms with van der Waals surface area (Å²) in [6.07, 6.45) is 2.97. The highest BCUT2D eigenvalue weighted by molar-refractivity contribution is 6.04.